The van der Waals surface area contributed by atoms with E-state index in [1.807, 2.05) is 6.07 Å². The van der Waals surface area contributed by atoms with E-state index in [2.05, 4.69) is 15.5 Å². The summed E-state index contributed by atoms with van der Waals surface area (Å²) in [6.45, 7) is 0.636. The molecule has 29 heavy (non-hydrogen) atoms. The van der Waals surface area contributed by atoms with E-state index in [0.29, 0.717) is 46.9 Å². The number of amides is 1. The average molecular weight is 414 g/mol. The minimum atomic E-state index is -3.28. The normalized spacial score (nSPS) is 17.0. The number of aromatic amines is 1. The average Bonchev–Trinajstić information content (AvgIpc) is 3.39. The number of H-pyrrole nitrogens is 1. The summed E-state index contributed by atoms with van der Waals surface area (Å²) in [5, 5.41) is 10.5. The van der Waals surface area contributed by atoms with E-state index in [1.54, 1.807) is 30.3 Å². The fourth-order valence-corrected chi connectivity index (χ4v) is 5.15. The van der Waals surface area contributed by atoms with Gasteiger partial charge in [-0.1, -0.05) is 6.07 Å². The van der Waals surface area contributed by atoms with Gasteiger partial charge in [-0.15, -0.1) is 0 Å². The van der Waals surface area contributed by atoms with Crippen molar-refractivity contribution in [2.75, 3.05) is 28.7 Å². The highest BCUT2D eigenvalue weighted by Gasteiger charge is 2.28. The number of sulfonamides is 1. The largest absolute Gasteiger partial charge is 0.454 e. The fraction of sp³-hybridized carbons (Fsp3) is 0.263. The van der Waals surface area contributed by atoms with Gasteiger partial charge >= 0.3 is 0 Å². The summed E-state index contributed by atoms with van der Waals surface area (Å²) in [6.07, 6.45) is 0.746. The van der Waals surface area contributed by atoms with Crippen molar-refractivity contribution in [3.05, 3.63) is 42.0 Å². The number of hydrogen-bond acceptors (Lipinski definition) is 6. The molecule has 0 radical (unpaired) electrons. The van der Waals surface area contributed by atoms with Crippen LogP contribution in [0.5, 0.6) is 11.5 Å². The molecule has 2 aliphatic heterocycles. The van der Waals surface area contributed by atoms with Crippen molar-refractivity contribution < 1.29 is 22.7 Å². The van der Waals surface area contributed by atoms with E-state index in [0.717, 1.165) is 5.56 Å². The third-order valence-electron chi connectivity index (χ3n) is 4.99. The Morgan fingerprint density at radius 2 is 2.03 bits per heavy atom. The zero-order valence-corrected chi connectivity index (χ0v) is 16.2. The van der Waals surface area contributed by atoms with Gasteiger partial charge in [0.1, 0.15) is 0 Å². The number of aromatic nitrogens is 2. The van der Waals surface area contributed by atoms with Gasteiger partial charge in [-0.3, -0.25) is 14.2 Å². The molecule has 0 saturated carbocycles. The maximum absolute atomic E-state index is 12.5. The number of carbonyl (C=O) groups is 1. The molecule has 2 aliphatic rings. The number of rotatable bonds is 4. The Morgan fingerprint density at radius 1 is 1.17 bits per heavy atom. The van der Waals surface area contributed by atoms with Gasteiger partial charge in [0.2, 0.25) is 22.7 Å². The molecule has 10 heteroatoms. The number of anilines is 2. The summed E-state index contributed by atoms with van der Waals surface area (Å²) in [7, 11) is -3.28. The van der Waals surface area contributed by atoms with Crippen LogP contribution in [0.4, 0.5) is 11.5 Å². The zero-order chi connectivity index (χ0) is 20.0. The first-order valence-corrected chi connectivity index (χ1v) is 10.8. The lowest BCUT2D eigenvalue weighted by molar-refractivity contribution is -0.115. The molecule has 1 saturated heterocycles. The van der Waals surface area contributed by atoms with Crippen molar-refractivity contribution in [2.24, 2.45) is 0 Å². The topological polar surface area (TPSA) is 114 Å². The zero-order valence-electron chi connectivity index (χ0n) is 15.3. The van der Waals surface area contributed by atoms with Crippen molar-refractivity contribution >= 4 is 38.3 Å². The second kappa shape index (κ2) is 6.66. The molecule has 1 aromatic heterocycles. The second-order valence-corrected chi connectivity index (χ2v) is 8.97. The number of fused-ring (bicyclic) bond motifs is 2. The smallest absolute Gasteiger partial charge is 0.235 e. The molecule has 150 valence electrons. The molecule has 3 aromatic rings. The highest BCUT2D eigenvalue weighted by molar-refractivity contribution is 7.93. The van der Waals surface area contributed by atoms with E-state index in [1.165, 1.54) is 4.31 Å². The molecule has 0 bridgehead atoms. The number of benzene rings is 2. The molecule has 3 heterocycles. The van der Waals surface area contributed by atoms with Crippen LogP contribution in [0, 0.1) is 0 Å². The first-order chi connectivity index (χ1) is 14.0. The molecule has 5 rings (SSSR count). The molecule has 1 fully saturated rings. The molecular weight excluding hydrogens is 396 g/mol. The minimum Gasteiger partial charge on any atom is -0.454 e. The van der Waals surface area contributed by atoms with Crippen molar-refractivity contribution in [1.29, 1.82) is 0 Å². The van der Waals surface area contributed by atoms with Gasteiger partial charge in [0, 0.05) is 11.9 Å². The van der Waals surface area contributed by atoms with Crippen molar-refractivity contribution in [1.82, 2.24) is 10.2 Å². The summed E-state index contributed by atoms with van der Waals surface area (Å²) in [4.78, 5) is 12.5. The molecule has 2 aromatic carbocycles. The van der Waals surface area contributed by atoms with Gasteiger partial charge in [-0.25, -0.2) is 8.42 Å². The quantitative estimate of drug-likeness (QED) is 0.675. The second-order valence-electron chi connectivity index (χ2n) is 6.96. The maximum atomic E-state index is 12.5. The van der Waals surface area contributed by atoms with Crippen LogP contribution in [0.3, 0.4) is 0 Å². The number of carbonyl (C=O) groups excluding carboxylic acids is 1. The maximum Gasteiger partial charge on any atom is 0.235 e. The first kappa shape index (κ1) is 17.8. The predicted octanol–water partition coefficient (Wildman–Crippen LogP) is 2.01. The summed E-state index contributed by atoms with van der Waals surface area (Å²) in [5.41, 5.74) is 2.07. The van der Waals surface area contributed by atoms with Gasteiger partial charge in [0.15, 0.2) is 17.3 Å². The van der Waals surface area contributed by atoms with Crippen molar-refractivity contribution in [3.8, 4) is 11.5 Å². The fourth-order valence-electron chi connectivity index (χ4n) is 3.59. The van der Waals surface area contributed by atoms with Crippen LogP contribution >= 0.6 is 0 Å². The lowest BCUT2D eigenvalue weighted by Gasteiger charge is -2.16. The van der Waals surface area contributed by atoms with E-state index in [4.69, 9.17) is 9.47 Å². The van der Waals surface area contributed by atoms with E-state index in [-0.39, 0.29) is 24.9 Å². The molecule has 0 aliphatic carbocycles. The Bertz CT molecular complexity index is 1220. The number of ether oxygens (including phenoxy) is 2. The Labute approximate surface area is 166 Å². The SMILES string of the molecule is O=C(Cc1ccc2c(c1)OCO2)Nc1n[nH]c2ccc(N3CCCS3(=O)=O)cc12. The minimum absolute atomic E-state index is 0.144. The van der Waals surface area contributed by atoms with E-state index in [9.17, 15) is 13.2 Å². The summed E-state index contributed by atoms with van der Waals surface area (Å²) < 4.78 is 36.4. The van der Waals surface area contributed by atoms with Crippen LogP contribution in [0.2, 0.25) is 0 Å². The summed E-state index contributed by atoms with van der Waals surface area (Å²) in [6, 6.07) is 10.6. The van der Waals surface area contributed by atoms with Crippen molar-refractivity contribution in [2.45, 2.75) is 12.8 Å². The van der Waals surface area contributed by atoms with Crippen LogP contribution in [-0.2, 0) is 21.2 Å². The molecule has 2 N–H and O–H groups in total. The van der Waals surface area contributed by atoms with Crippen LogP contribution < -0.4 is 19.1 Å². The summed E-state index contributed by atoms with van der Waals surface area (Å²) >= 11 is 0. The highest BCUT2D eigenvalue weighted by atomic mass is 32.2. The molecule has 0 atom stereocenters. The molecule has 0 spiro atoms. The van der Waals surface area contributed by atoms with Crippen LogP contribution in [-0.4, -0.2) is 43.6 Å². The third kappa shape index (κ3) is 3.25. The van der Waals surface area contributed by atoms with E-state index >= 15 is 0 Å². The Morgan fingerprint density at radius 3 is 2.86 bits per heavy atom. The van der Waals surface area contributed by atoms with Crippen LogP contribution in [0.1, 0.15) is 12.0 Å². The lowest BCUT2D eigenvalue weighted by Crippen LogP contribution is -2.24. The van der Waals surface area contributed by atoms with Crippen molar-refractivity contribution in [3.63, 3.8) is 0 Å². The Kier molecular flexibility index (Phi) is 4.09. The molecule has 0 unspecified atom stereocenters. The van der Waals surface area contributed by atoms with Gasteiger partial charge in [0.25, 0.3) is 0 Å². The Hall–Kier alpha value is -3.27. The number of hydrogen-bond donors (Lipinski definition) is 2. The van der Waals surface area contributed by atoms with Crippen LogP contribution in [0.25, 0.3) is 10.9 Å². The molecule has 9 nitrogen and oxygen atoms in total. The molecule has 1 amide bonds. The first-order valence-electron chi connectivity index (χ1n) is 9.16. The van der Waals surface area contributed by atoms with E-state index < -0.39 is 10.0 Å². The summed E-state index contributed by atoms with van der Waals surface area (Å²) in [5.74, 6) is 1.56. The van der Waals surface area contributed by atoms with Gasteiger partial charge in [0.05, 0.1) is 23.4 Å². The predicted molar refractivity (Wildman–Crippen MR) is 107 cm³/mol. The number of nitrogens with one attached hydrogen (secondary N) is 2. The van der Waals surface area contributed by atoms with Gasteiger partial charge in [-0.2, -0.15) is 5.10 Å². The van der Waals surface area contributed by atoms with Gasteiger partial charge in [-0.05, 0) is 42.3 Å². The molecular formula is C19H18N4O5S. The number of nitrogens with zero attached hydrogens (tertiary/aromatic N) is 2. The Balaban J connectivity index is 1.37. The monoisotopic (exact) mass is 414 g/mol. The standard InChI is InChI=1S/C19H18N4O5S/c24-18(9-12-2-5-16-17(8-12)28-11-27-16)20-19-14-10-13(3-4-15(14)21-22-19)23-6-1-7-29(23,25)26/h2-5,8,10H,1,6-7,9,11H2,(H2,20,21,22,24). The van der Waals surface area contributed by atoms with Crippen LogP contribution in [0.15, 0.2) is 36.4 Å². The lowest BCUT2D eigenvalue weighted by atomic mass is 10.1. The third-order valence-corrected chi connectivity index (χ3v) is 6.86. The van der Waals surface area contributed by atoms with Gasteiger partial charge < -0.3 is 14.8 Å². The highest BCUT2D eigenvalue weighted by Crippen LogP contribution is 2.33.